The molecule has 0 spiro atoms. The number of hydroxylamine groups is 1. The van der Waals surface area contributed by atoms with Crippen molar-refractivity contribution in [2.75, 3.05) is 6.54 Å². The van der Waals surface area contributed by atoms with Gasteiger partial charge in [0, 0.05) is 35.2 Å². The third kappa shape index (κ3) is 5.32. The number of amides is 3. The molecule has 3 aromatic rings. The minimum Gasteiger partial charge on any atom is -0.489 e. The van der Waals surface area contributed by atoms with Gasteiger partial charge >= 0.3 is 0 Å². The van der Waals surface area contributed by atoms with Gasteiger partial charge in [0.2, 0.25) is 11.8 Å². The average Bonchev–Trinajstić information content (AvgIpc) is 2.84. The molecule has 176 valence electrons. The maximum absolute atomic E-state index is 12.7. The molecule has 1 saturated heterocycles. The Morgan fingerprint density at radius 2 is 1.94 bits per heavy atom. The van der Waals surface area contributed by atoms with Gasteiger partial charge in [0.15, 0.2) is 0 Å². The smallest absolute Gasteiger partial charge is 0.251 e. The fourth-order valence-electron chi connectivity index (χ4n) is 4.16. The molecule has 9 heteroatoms. The highest BCUT2D eigenvalue weighted by Gasteiger charge is 2.34. The largest absolute Gasteiger partial charge is 0.489 e. The summed E-state index contributed by atoms with van der Waals surface area (Å²) in [6, 6.07) is 15.6. The van der Waals surface area contributed by atoms with Crippen LogP contribution in [0, 0.1) is 12.8 Å². The van der Waals surface area contributed by atoms with Gasteiger partial charge in [-0.1, -0.05) is 18.2 Å². The lowest BCUT2D eigenvalue weighted by molar-refractivity contribution is -0.132. The number of aryl methyl sites for hydroxylation is 1. The molecule has 1 aliphatic heterocycles. The van der Waals surface area contributed by atoms with Crippen molar-refractivity contribution in [2.24, 2.45) is 5.92 Å². The van der Waals surface area contributed by atoms with Crippen LogP contribution in [0.15, 0.2) is 54.6 Å². The number of nitrogens with zero attached hydrogens (tertiary/aromatic N) is 1. The first-order chi connectivity index (χ1) is 16.4. The summed E-state index contributed by atoms with van der Waals surface area (Å²) < 4.78 is 5.94. The van der Waals surface area contributed by atoms with E-state index in [0.717, 1.165) is 22.2 Å². The Morgan fingerprint density at radius 1 is 1.18 bits per heavy atom. The third-order valence-electron chi connectivity index (χ3n) is 5.87. The van der Waals surface area contributed by atoms with Crippen molar-refractivity contribution < 1.29 is 24.3 Å². The number of fused-ring (bicyclic) bond motifs is 1. The van der Waals surface area contributed by atoms with Gasteiger partial charge in [-0.2, -0.15) is 0 Å². The number of piperidine rings is 1. The van der Waals surface area contributed by atoms with E-state index >= 15 is 0 Å². The minimum absolute atomic E-state index is 0.0647. The van der Waals surface area contributed by atoms with Gasteiger partial charge in [0.05, 0.1) is 5.52 Å². The third-order valence-corrected chi connectivity index (χ3v) is 5.87. The number of aromatic nitrogens is 1. The molecule has 34 heavy (non-hydrogen) atoms. The number of hydrogen-bond acceptors (Lipinski definition) is 6. The van der Waals surface area contributed by atoms with Crippen molar-refractivity contribution in [2.45, 2.75) is 32.4 Å². The van der Waals surface area contributed by atoms with Crippen LogP contribution in [0.1, 0.15) is 34.5 Å². The highest BCUT2D eigenvalue weighted by molar-refractivity contribution is 5.98. The molecule has 2 heterocycles. The second-order valence-electron chi connectivity index (χ2n) is 8.28. The highest BCUT2D eigenvalue weighted by Crippen LogP contribution is 2.22. The minimum atomic E-state index is -0.863. The van der Waals surface area contributed by atoms with E-state index < -0.39 is 23.8 Å². The Hall–Kier alpha value is -3.98. The van der Waals surface area contributed by atoms with Crippen LogP contribution in [0.5, 0.6) is 5.75 Å². The maximum Gasteiger partial charge on any atom is 0.251 e. The van der Waals surface area contributed by atoms with E-state index in [1.165, 1.54) is 0 Å². The van der Waals surface area contributed by atoms with E-state index in [0.29, 0.717) is 30.9 Å². The number of carbonyl (C=O) groups excluding carboxylic acids is 3. The summed E-state index contributed by atoms with van der Waals surface area (Å²) in [4.78, 5) is 41.1. The number of benzene rings is 2. The SMILES string of the molecule is Cc1cc(COc2ccc(C(=O)N[C@@H]3C(=O)NCC[C@H]3CC(=O)NO)cc2)c2ccccc2n1. The molecular weight excluding hydrogens is 436 g/mol. The van der Waals surface area contributed by atoms with Crippen LogP contribution in [0.25, 0.3) is 10.9 Å². The van der Waals surface area contributed by atoms with Crippen molar-refractivity contribution in [3.05, 3.63) is 71.4 Å². The molecule has 0 saturated carbocycles. The number of hydrogen-bond donors (Lipinski definition) is 4. The Kier molecular flexibility index (Phi) is 7.03. The lowest BCUT2D eigenvalue weighted by Crippen LogP contribution is -2.55. The summed E-state index contributed by atoms with van der Waals surface area (Å²) in [6.07, 6.45) is 0.449. The first kappa shape index (κ1) is 23.2. The summed E-state index contributed by atoms with van der Waals surface area (Å²) >= 11 is 0. The predicted octanol–water partition coefficient (Wildman–Crippen LogP) is 2.25. The molecule has 1 aliphatic rings. The number of carbonyl (C=O) groups is 3. The van der Waals surface area contributed by atoms with Crippen LogP contribution in [0.4, 0.5) is 0 Å². The van der Waals surface area contributed by atoms with Gasteiger partial charge in [-0.15, -0.1) is 0 Å². The molecule has 0 bridgehead atoms. The molecule has 0 aliphatic carbocycles. The van der Waals surface area contributed by atoms with Gasteiger partial charge in [-0.25, -0.2) is 5.48 Å². The Labute approximate surface area is 196 Å². The zero-order chi connectivity index (χ0) is 24.1. The molecule has 0 radical (unpaired) electrons. The number of para-hydroxylation sites is 1. The van der Waals surface area contributed by atoms with Gasteiger partial charge in [-0.3, -0.25) is 24.6 Å². The average molecular weight is 463 g/mol. The maximum atomic E-state index is 12.7. The van der Waals surface area contributed by atoms with Gasteiger partial charge < -0.3 is 15.4 Å². The number of ether oxygens (including phenoxy) is 1. The van der Waals surface area contributed by atoms with E-state index in [4.69, 9.17) is 9.94 Å². The fourth-order valence-corrected chi connectivity index (χ4v) is 4.16. The number of pyridine rings is 1. The predicted molar refractivity (Wildman–Crippen MR) is 124 cm³/mol. The topological polar surface area (TPSA) is 130 Å². The molecule has 0 unspecified atom stereocenters. The molecule has 3 amide bonds. The summed E-state index contributed by atoms with van der Waals surface area (Å²) in [7, 11) is 0. The van der Waals surface area contributed by atoms with E-state index in [2.05, 4.69) is 15.6 Å². The zero-order valence-corrected chi connectivity index (χ0v) is 18.7. The summed E-state index contributed by atoms with van der Waals surface area (Å²) in [5.74, 6) is -1.19. The number of nitrogens with one attached hydrogen (secondary N) is 3. The molecule has 9 nitrogen and oxygen atoms in total. The summed E-state index contributed by atoms with van der Waals surface area (Å²) in [6.45, 7) is 2.70. The second-order valence-corrected chi connectivity index (χ2v) is 8.28. The lowest BCUT2D eigenvalue weighted by atomic mass is 9.88. The van der Waals surface area contributed by atoms with Crippen LogP contribution >= 0.6 is 0 Å². The van der Waals surface area contributed by atoms with Crippen molar-refractivity contribution in [3.8, 4) is 5.75 Å². The van der Waals surface area contributed by atoms with Gasteiger partial charge in [0.1, 0.15) is 18.4 Å². The molecule has 2 atom stereocenters. The molecule has 4 rings (SSSR count). The molecule has 1 fully saturated rings. The van der Waals surface area contributed by atoms with E-state index in [1.807, 2.05) is 37.3 Å². The van der Waals surface area contributed by atoms with Crippen LogP contribution in [0.2, 0.25) is 0 Å². The van der Waals surface area contributed by atoms with Crippen molar-refractivity contribution in [3.63, 3.8) is 0 Å². The van der Waals surface area contributed by atoms with E-state index in [1.54, 1.807) is 29.7 Å². The van der Waals surface area contributed by atoms with Gasteiger partial charge in [0.25, 0.3) is 5.91 Å². The summed E-state index contributed by atoms with van der Waals surface area (Å²) in [5.41, 5.74) is 4.78. The molecule has 2 aromatic carbocycles. The Balaban J connectivity index is 1.41. The Morgan fingerprint density at radius 3 is 2.71 bits per heavy atom. The second kappa shape index (κ2) is 10.3. The molecule has 4 N–H and O–H groups in total. The van der Waals surface area contributed by atoms with Crippen LogP contribution in [0.3, 0.4) is 0 Å². The quantitative estimate of drug-likeness (QED) is 0.315. The van der Waals surface area contributed by atoms with Crippen molar-refractivity contribution in [1.29, 1.82) is 0 Å². The van der Waals surface area contributed by atoms with Crippen LogP contribution in [-0.4, -0.2) is 40.5 Å². The Bertz CT molecular complexity index is 1210. The first-order valence-corrected chi connectivity index (χ1v) is 11.0. The van der Waals surface area contributed by atoms with E-state index in [9.17, 15) is 14.4 Å². The van der Waals surface area contributed by atoms with Crippen molar-refractivity contribution >= 4 is 28.6 Å². The summed E-state index contributed by atoms with van der Waals surface area (Å²) in [5, 5.41) is 15.2. The molecular formula is C25H26N4O5. The zero-order valence-electron chi connectivity index (χ0n) is 18.7. The highest BCUT2D eigenvalue weighted by atomic mass is 16.5. The van der Waals surface area contributed by atoms with E-state index in [-0.39, 0.29) is 12.3 Å². The lowest BCUT2D eigenvalue weighted by Gasteiger charge is -2.31. The normalized spacial score (nSPS) is 17.6. The number of rotatable bonds is 7. The molecule has 1 aromatic heterocycles. The fraction of sp³-hybridized carbons (Fsp3) is 0.280. The monoisotopic (exact) mass is 462 g/mol. The van der Waals surface area contributed by atoms with Crippen LogP contribution in [-0.2, 0) is 16.2 Å². The standard InChI is InChI=1S/C25H26N4O5/c1-15-12-18(20-4-2-3-5-21(20)27-15)14-34-19-8-6-16(7-9-19)24(31)28-23-17(13-22(30)29-33)10-11-26-25(23)32/h2-9,12,17,23,33H,10-11,13-14H2,1H3,(H,26,32)(H,28,31)(H,29,30)/t17-,23-/m0/s1. The van der Waals surface area contributed by atoms with Crippen LogP contribution < -0.4 is 20.9 Å². The first-order valence-electron chi connectivity index (χ1n) is 11.0. The van der Waals surface area contributed by atoms with Gasteiger partial charge in [-0.05, 0) is 55.7 Å². The van der Waals surface area contributed by atoms with Crippen molar-refractivity contribution in [1.82, 2.24) is 21.1 Å².